The maximum atomic E-state index is 15.8. The molecule has 13 heteroatoms. The molecule has 0 aromatic heterocycles. The largest absolute Gasteiger partial charge is 0.462 e. The summed E-state index contributed by atoms with van der Waals surface area (Å²) in [5, 5.41) is 14.9. The number of rotatable bonds is 16. The van der Waals surface area contributed by atoms with E-state index >= 15 is 4.79 Å². The third-order valence-corrected chi connectivity index (χ3v) is 13.8. The lowest BCUT2D eigenvalue weighted by atomic mass is 9.49. The number of aliphatic hydroxyl groups excluding tert-OH is 1. The summed E-state index contributed by atoms with van der Waals surface area (Å²) in [5.74, 6) is -5.60. The highest BCUT2D eigenvalue weighted by atomic mass is 16.6. The van der Waals surface area contributed by atoms with Gasteiger partial charge in [0, 0.05) is 49.2 Å². The van der Waals surface area contributed by atoms with E-state index in [1.807, 2.05) is 13.0 Å². The Kier molecular flexibility index (Phi) is 14.2. The zero-order valence-corrected chi connectivity index (χ0v) is 37.3. The van der Waals surface area contributed by atoms with E-state index in [2.05, 4.69) is 5.32 Å². The minimum Gasteiger partial charge on any atom is -0.462 e. The van der Waals surface area contributed by atoms with Crippen LogP contribution in [0.1, 0.15) is 100 Å². The third-order valence-electron chi connectivity index (χ3n) is 13.8. The monoisotopic (exact) mass is 865 g/mol. The Bertz CT molecular complexity index is 2210. The van der Waals surface area contributed by atoms with Crippen molar-refractivity contribution >= 4 is 35.4 Å². The van der Waals surface area contributed by atoms with Gasteiger partial charge in [-0.1, -0.05) is 94.4 Å². The molecule has 10 atom stereocenters. The molecule has 1 saturated heterocycles. The van der Waals surface area contributed by atoms with Crippen LogP contribution < -0.4 is 5.32 Å². The van der Waals surface area contributed by atoms with Gasteiger partial charge in [0.25, 0.3) is 5.91 Å². The zero-order chi connectivity index (χ0) is 45.9. The van der Waals surface area contributed by atoms with Crippen molar-refractivity contribution in [3.05, 3.63) is 119 Å². The second-order valence-electron chi connectivity index (χ2n) is 18.0. The van der Waals surface area contributed by atoms with Crippen LogP contribution in [-0.2, 0) is 42.9 Å². The Balaban J connectivity index is 1.38. The lowest BCUT2D eigenvalue weighted by Gasteiger charge is -2.62. The normalized spacial score (nSPS) is 27.6. The molecule has 3 aliphatic rings. The van der Waals surface area contributed by atoms with Crippen molar-refractivity contribution in [2.75, 3.05) is 20.3 Å². The number of aliphatic hydroxyl groups is 1. The number of esters is 3. The predicted molar refractivity (Wildman–Crippen MR) is 231 cm³/mol. The highest BCUT2D eigenvalue weighted by Gasteiger charge is 2.70. The van der Waals surface area contributed by atoms with E-state index in [1.54, 1.807) is 113 Å². The van der Waals surface area contributed by atoms with Crippen LogP contribution in [0, 0.1) is 28.6 Å². The minimum absolute atomic E-state index is 0.0296. The number of amides is 1. The van der Waals surface area contributed by atoms with Gasteiger partial charge in [-0.2, -0.15) is 0 Å². The summed E-state index contributed by atoms with van der Waals surface area (Å²) < 4.78 is 30.0. The third kappa shape index (κ3) is 9.28. The maximum absolute atomic E-state index is 15.8. The first-order valence-corrected chi connectivity index (χ1v) is 21.5. The number of hydrogen-bond donors (Lipinski definition) is 2. The van der Waals surface area contributed by atoms with Crippen LogP contribution in [0.3, 0.4) is 0 Å². The van der Waals surface area contributed by atoms with Crippen molar-refractivity contribution < 1.29 is 57.6 Å². The average Bonchev–Trinajstić information content (AvgIpc) is 3.25. The van der Waals surface area contributed by atoms with Crippen LogP contribution in [0.25, 0.3) is 0 Å². The molecule has 3 aromatic carbocycles. The number of hydrogen-bond acceptors (Lipinski definition) is 12. The summed E-state index contributed by atoms with van der Waals surface area (Å²) in [6.07, 6.45) is -4.06. The van der Waals surface area contributed by atoms with Gasteiger partial charge in [-0.25, -0.2) is 9.59 Å². The number of ether oxygens (including phenoxy) is 5. The molecule has 0 radical (unpaired) electrons. The maximum Gasteiger partial charge on any atom is 0.338 e. The van der Waals surface area contributed by atoms with Crippen LogP contribution in [0.2, 0.25) is 0 Å². The number of fused-ring (bicyclic) bond motifs is 1. The lowest BCUT2D eigenvalue weighted by Crippen LogP contribution is -2.74. The van der Waals surface area contributed by atoms with Gasteiger partial charge in [0.15, 0.2) is 11.7 Å². The van der Waals surface area contributed by atoms with Gasteiger partial charge in [-0.3, -0.25) is 19.2 Å². The fraction of sp³-hybridized carbons (Fsp3) is 0.480. The van der Waals surface area contributed by atoms with Crippen molar-refractivity contribution in [2.45, 2.75) is 104 Å². The van der Waals surface area contributed by atoms with Gasteiger partial charge in [0.2, 0.25) is 0 Å². The van der Waals surface area contributed by atoms with Crippen LogP contribution in [0.15, 0.2) is 102 Å². The Labute approximate surface area is 368 Å². The van der Waals surface area contributed by atoms with Gasteiger partial charge in [-0.15, -0.1) is 0 Å². The Hall–Kier alpha value is -5.50. The predicted octanol–water partition coefficient (Wildman–Crippen LogP) is 6.58. The molecule has 6 rings (SSSR count). The van der Waals surface area contributed by atoms with E-state index in [-0.39, 0.29) is 37.6 Å². The van der Waals surface area contributed by atoms with E-state index in [1.165, 1.54) is 21.0 Å². The van der Waals surface area contributed by atoms with E-state index in [0.717, 1.165) is 0 Å². The van der Waals surface area contributed by atoms with Crippen LogP contribution in [0.4, 0.5) is 0 Å². The molecule has 2 N–H and O–H groups in total. The molecule has 0 spiro atoms. The minimum atomic E-state index is -1.38. The van der Waals surface area contributed by atoms with Gasteiger partial charge < -0.3 is 34.1 Å². The average molecular weight is 866 g/mol. The standard InChI is InChI=1S/C50H59NO12/c1-29-24-40-50(28-61-40,63-32(4)53)38(27-60-46(57)35-22-16-11-17-23-35)49(29,7)44(55)36(25-30(2)52)41-31(3)37(26-39(54)48(41,5)6)62-47(58)43(59-8)42(33-18-12-9-13-19-33)51-45(56)34-20-14-10-15-21-34/h9-23,29,36-40,42-43,54H,24-28H2,1-8H3,(H,51,56). The Morgan fingerprint density at radius 1 is 0.857 bits per heavy atom. The molecule has 1 aliphatic heterocycles. The van der Waals surface area contributed by atoms with Crippen LogP contribution >= 0.6 is 0 Å². The Morgan fingerprint density at radius 2 is 1.44 bits per heavy atom. The summed E-state index contributed by atoms with van der Waals surface area (Å²) in [7, 11) is 1.34. The molecule has 63 heavy (non-hydrogen) atoms. The molecule has 1 amide bonds. The van der Waals surface area contributed by atoms with E-state index in [0.29, 0.717) is 34.3 Å². The van der Waals surface area contributed by atoms with Crippen LogP contribution in [0.5, 0.6) is 0 Å². The van der Waals surface area contributed by atoms with Gasteiger partial charge >= 0.3 is 17.9 Å². The number of ketones is 2. The fourth-order valence-electron chi connectivity index (χ4n) is 10.1. The molecule has 1 saturated carbocycles. The van der Waals surface area contributed by atoms with Crippen molar-refractivity contribution in [3.63, 3.8) is 0 Å². The summed E-state index contributed by atoms with van der Waals surface area (Å²) in [6.45, 7) is 11.3. The summed E-state index contributed by atoms with van der Waals surface area (Å²) in [6, 6.07) is 24.9. The number of Topliss-reactive ketones (excluding diaryl/α,β-unsaturated/α-hetero) is 2. The van der Waals surface area contributed by atoms with E-state index in [4.69, 9.17) is 23.7 Å². The summed E-state index contributed by atoms with van der Waals surface area (Å²) in [4.78, 5) is 83.2. The van der Waals surface area contributed by atoms with Crippen molar-refractivity contribution in [3.8, 4) is 0 Å². The zero-order valence-electron chi connectivity index (χ0n) is 37.3. The highest BCUT2D eigenvalue weighted by Crippen LogP contribution is 2.59. The fourth-order valence-corrected chi connectivity index (χ4v) is 10.1. The molecule has 336 valence electrons. The molecule has 2 aliphatic carbocycles. The first-order valence-electron chi connectivity index (χ1n) is 21.5. The summed E-state index contributed by atoms with van der Waals surface area (Å²) >= 11 is 0. The second-order valence-corrected chi connectivity index (χ2v) is 18.0. The smallest absolute Gasteiger partial charge is 0.338 e. The second kappa shape index (κ2) is 19.1. The topological polar surface area (TPSA) is 181 Å². The van der Waals surface area contributed by atoms with Crippen molar-refractivity contribution in [1.29, 1.82) is 0 Å². The molecule has 13 nitrogen and oxygen atoms in total. The van der Waals surface area contributed by atoms with Gasteiger partial charge in [0.1, 0.15) is 23.8 Å². The number of benzene rings is 3. The van der Waals surface area contributed by atoms with Gasteiger partial charge in [-0.05, 0) is 67.2 Å². The van der Waals surface area contributed by atoms with Crippen molar-refractivity contribution in [1.82, 2.24) is 5.32 Å². The molecule has 1 heterocycles. The van der Waals surface area contributed by atoms with Crippen molar-refractivity contribution in [2.24, 2.45) is 28.6 Å². The number of carbonyl (C=O) groups is 6. The molecule has 3 aromatic rings. The number of nitrogens with one attached hydrogen (secondary N) is 1. The molecular weight excluding hydrogens is 807 g/mol. The molecule has 2 fully saturated rings. The summed E-state index contributed by atoms with van der Waals surface area (Å²) in [5.41, 5.74) is -1.62. The van der Waals surface area contributed by atoms with E-state index < -0.39 is 88.5 Å². The lowest BCUT2D eigenvalue weighted by molar-refractivity contribution is -0.315. The SMILES string of the molecule is COC(C(=O)OC1CC(O)C(C)(C)C(C(CC(C)=O)C(=O)C2(C)C(C)CC3OCC3(OC(C)=O)C2COC(=O)c2ccccc2)=C1C)C(NC(=O)c1ccccc1)c1ccccc1. The van der Waals surface area contributed by atoms with E-state index in [9.17, 15) is 29.1 Å². The first kappa shape index (κ1) is 47.0. The Morgan fingerprint density at radius 3 is 1.98 bits per heavy atom. The molecule has 0 bridgehead atoms. The number of methoxy groups -OCH3 is 1. The van der Waals surface area contributed by atoms with Crippen LogP contribution in [-0.4, -0.2) is 90.8 Å². The highest BCUT2D eigenvalue weighted by molar-refractivity contribution is 5.96. The first-order chi connectivity index (χ1) is 29.9. The number of carbonyl (C=O) groups excluding carboxylic acids is 6. The molecule has 10 unspecified atom stereocenters. The molecular formula is C50H59NO12. The quantitative estimate of drug-likeness (QED) is 0.0899. The van der Waals surface area contributed by atoms with Gasteiger partial charge in [0.05, 0.1) is 36.8 Å².